The highest BCUT2D eigenvalue weighted by atomic mass is 16.2. The minimum atomic E-state index is -0.320. The summed E-state index contributed by atoms with van der Waals surface area (Å²) in [4.78, 5) is 31.8. The average Bonchev–Trinajstić information content (AvgIpc) is 3.08. The number of hydrogen-bond donors (Lipinski definition) is 1. The first-order chi connectivity index (χ1) is 14.1. The number of aryl methyl sites for hydroxylation is 1. The van der Waals surface area contributed by atoms with E-state index in [2.05, 4.69) is 10.3 Å². The van der Waals surface area contributed by atoms with Crippen molar-refractivity contribution in [3.05, 3.63) is 101 Å². The second-order valence-corrected chi connectivity index (χ2v) is 7.32. The predicted octanol–water partition coefficient (Wildman–Crippen LogP) is 3.79. The number of carbonyl (C=O) groups excluding carboxylic acids is 2. The molecule has 29 heavy (non-hydrogen) atoms. The predicted molar refractivity (Wildman–Crippen MR) is 111 cm³/mol. The van der Waals surface area contributed by atoms with Crippen LogP contribution in [-0.2, 0) is 17.9 Å². The molecule has 1 atom stereocenters. The summed E-state index contributed by atoms with van der Waals surface area (Å²) < 4.78 is 0. The zero-order valence-corrected chi connectivity index (χ0v) is 16.3. The number of benzene rings is 2. The van der Waals surface area contributed by atoms with Crippen LogP contribution in [0.5, 0.6) is 0 Å². The van der Waals surface area contributed by atoms with Crippen LogP contribution < -0.4 is 5.32 Å². The van der Waals surface area contributed by atoms with Crippen molar-refractivity contribution in [1.82, 2.24) is 15.2 Å². The highest BCUT2D eigenvalue weighted by Gasteiger charge is 2.34. The molecule has 2 heterocycles. The number of nitrogens with one attached hydrogen (secondary N) is 1. The molecule has 5 nitrogen and oxygen atoms in total. The molecule has 5 heteroatoms. The highest BCUT2D eigenvalue weighted by molar-refractivity contribution is 5.98. The minimum absolute atomic E-state index is 0.0244. The fourth-order valence-corrected chi connectivity index (χ4v) is 3.66. The van der Waals surface area contributed by atoms with Gasteiger partial charge in [-0.2, -0.15) is 0 Å². The van der Waals surface area contributed by atoms with Gasteiger partial charge in [0.15, 0.2) is 0 Å². The quantitative estimate of drug-likeness (QED) is 0.702. The molecule has 2 amide bonds. The van der Waals surface area contributed by atoms with Crippen LogP contribution in [0.1, 0.15) is 45.2 Å². The number of rotatable bonds is 6. The Morgan fingerprint density at radius 2 is 1.83 bits per heavy atom. The number of carbonyl (C=O) groups is 2. The lowest BCUT2D eigenvalue weighted by molar-refractivity contribution is -0.122. The second kappa shape index (κ2) is 8.27. The molecule has 2 aromatic carbocycles. The van der Waals surface area contributed by atoms with Gasteiger partial charge in [0.2, 0.25) is 5.91 Å². The third-order valence-corrected chi connectivity index (χ3v) is 5.26. The Hall–Kier alpha value is -3.47. The molecule has 1 aliphatic heterocycles. The Labute approximate surface area is 170 Å². The Morgan fingerprint density at radius 1 is 1.07 bits per heavy atom. The molecule has 0 fully saturated rings. The number of pyridine rings is 1. The SMILES string of the molecule is Cc1ccc(C(CC(=O)NCc2ccccn2)N2Cc3ccccc3C2=O)cc1. The first-order valence-corrected chi connectivity index (χ1v) is 9.74. The Kier molecular flexibility index (Phi) is 5.38. The summed E-state index contributed by atoms with van der Waals surface area (Å²) >= 11 is 0. The van der Waals surface area contributed by atoms with Gasteiger partial charge in [0, 0.05) is 18.3 Å². The minimum Gasteiger partial charge on any atom is -0.350 e. The Bertz CT molecular complexity index is 1020. The van der Waals surface area contributed by atoms with Gasteiger partial charge in [-0.25, -0.2) is 0 Å². The van der Waals surface area contributed by atoms with Gasteiger partial charge in [-0.3, -0.25) is 14.6 Å². The van der Waals surface area contributed by atoms with Crippen LogP contribution >= 0.6 is 0 Å². The molecule has 1 aliphatic rings. The van der Waals surface area contributed by atoms with Crippen LogP contribution in [0.2, 0.25) is 0 Å². The molecular weight excluding hydrogens is 362 g/mol. The third kappa shape index (κ3) is 4.19. The first-order valence-electron chi connectivity index (χ1n) is 9.74. The van der Waals surface area contributed by atoms with Crippen LogP contribution in [-0.4, -0.2) is 21.7 Å². The molecule has 1 aromatic heterocycles. The second-order valence-electron chi connectivity index (χ2n) is 7.32. The van der Waals surface area contributed by atoms with E-state index in [1.165, 1.54) is 0 Å². The van der Waals surface area contributed by atoms with Crippen molar-refractivity contribution in [2.24, 2.45) is 0 Å². The fraction of sp³-hybridized carbons (Fsp3) is 0.208. The van der Waals surface area contributed by atoms with Gasteiger partial charge in [-0.15, -0.1) is 0 Å². The molecule has 0 bridgehead atoms. The van der Waals surface area contributed by atoms with Gasteiger partial charge in [0.1, 0.15) is 0 Å². The Balaban J connectivity index is 1.54. The average molecular weight is 385 g/mol. The lowest BCUT2D eigenvalue weighted by Crippen LogP contribution is -2.34. The van der Waals surface area contributed by atoms with E-state index in [1.54, 1.807) is 11.1 Å². The van der Waals surface area contributed by atoms with Gasteiger partial charge in [-0.05, 0) is 36.2 Å². The van der Waals surface area contributed by atoms with Crippen molar-refractivity contribution >= 4 is 11.8 Å². The number of aromatic nitrogens is 1. The smallest absolute Gasteiger partial charge is 0.255 e. The van der Waals surface area contributed by atoms with Gasteiger partial charge in [-0.1, -0.05) is 54.1 Å². The lowest BCUT2D eigenvalue weighted by Gasteiger charge is -2.28. The van der Waals surface area contributed by atoms with Crippen LogP contribution in [0.3, 0.4) is 0 Å². The normalized spacial score (nSPS) is 13.8. The van der Waals surface area contributed by atoms with E-state index in [1.807, 2.05) is 73.7 Å². The maximum absolute atomic E-state index is 13.0. The Morgan fingerprint density at radius 3 is 2.55 bits per heavy atom. The maximum Gasteiger partial charge on any atom is 0.255 e. The molecule has 0 saturated heterocycles. The lowest BCUT2D eigenvalue weighted by atomic mass is 10.00. The van der Waals surface area contributed by atoms with Gasteiger partial charge in [0.25, 0.3) is 5.91 Å². The van der Waals surface area contributed by atoms with E-state index in [4.69, 9.17) is 0 Å². The maximum atomic E-state index is 13.0. The number of nitrogens with zero attached hydrogens (tertiary/aromatic N) is 2. The molecule has 1 unspecified atom stereocenters. The monoisotopic (exact) mass is 385 g/mol. The van der Waals surface area contributed by atoms with Gasteiger partial charge < -0.3 is 10.2 Å². The van der Waals surface area contributed by atoms with E-state index in [0.717, 1.165) is 27.9 Å². The zero-order chi connectivity index (χ0) is 20.2. The van der Waals surface area contributed by atoms with E-state index in [9.17, 15) is 9.59 Å². The summed E-state index contributed by atoms with van der Waals surface area (Å²) in [7, 11) is 0. The van der Waals surface area contributed by atoms with Crippen LogP contribution in [0.15, 0.2) is 72.9 Å². The van der Waals surface area contributed by atoms with Gasteiger partial charge in [0.05, 0.1) is 24.7 Å². The van der Waals surface area contributed by atoms with Crippen LogP contribution in [0, 0.1) is 6.92 Å². The van der Waals surface area contributed by atoms with E-state index < -0.39 is 0 Å². The van der Waals surface area contributed by atoms with Crippen LogP contribution in [0.25, 0.3) is 0 Å². The molecule has 0 aliphatic carbocycles. The van der Waals surface area contributed by atoms with E-state index in [-0.39, 0.29) is 24.3 Å². The molecule has 0 spiro atoms. The first kappa shape index (κ1) is 18.9. The van der Waals surface area contributed by atoms with Crippen molar-refractivity contribution in [3.8, 4) is 0 Å². The molecule has 4 rings (SSSR count). The summed E-state index contributed by atoms with van der Waals surface area (Å²) in [5.41, 5.74) is 4.63. The number of amides is 2. The van der Waals surface area contributed by atoms with Gasteiger partial charge >= 0.3 is 0 Å². The highest BCUT2D eigenvalue weighted by Crippen LogP contribution is 2.33. The van der Waals surface area contributed by atoms with E-state index >= 15 is 0 Å². The largest absolute Gasteiger partial charge is 0.350 e. The molecule has 0 saturated carbocycles. The zero-order valence-electron chi connectivity index (χ0n) is 16.3. The van der Waals surface area contributed by atoms with Crippen molar-refractivity contribution < 1.29 is 9.59 Å². The van der Waals surface area contributed by atoms with E-state index in [0.29, 0.717) is 13.1 Å². The van der Waals surface area contributed by atoms with Crippen molar-refractivity contribution in [3.63, 3.8) is 0 Å². The van der Waals surface area contributed by atoms with Crippen molar-refractivity contribution in [2.75, 3.05) is 0 Å². The molecular formula is C24H23N3O2. The molecule has 0 radical (unpaired) electrons. The van der Waals surface area contributed by atoms with Crippen LogP contribution in [0.4, 0.5) is 0 Å². The molecule has 1 N–H and O–H groups in total. The number of hydrogen-bond acceptors (Lipinski definition) is 3. The third-order valence-electron chi connectivity index (χ3n) is 5.26. The number of fused-ring (bicyclic) bond motifs is 1. The topological polar surface area (TPSA) is 62.3 Å². The molecule has 146 valence electrons. The summed E-state index contributed by atoms with van der Waals surface area (Å²) in [5, 5.41) is 2.93. The van der Waals surface area contributed by atoms with Crippen molar-refractivity contribution in [1.29, 1.82) is 0 Å². The fourth-order valence-electron chi connectivity index (χ4n) is 3.66. The summed E-state index contributed by atoms with van der Waals surface area (Å²) in [5.74, 6) is -0.131. The summed E-state index contributed by atoms with van der Waals surface area (Å²) in [6, 6.07) is 21.0. The van der Waals surface area contributed by atoms with Crippen molar-refractivity contribution in [2.45, 2.75) is 32.5 Å². The standard InChI is InChI=1S/C24H23N3O2/c1-17-9-11-18(12-10-17)22(14-23(28)26-15-20-7-4-5-13-25-20)27-16-19-6-2-3-8-21(19)24(27)29/h2-13,22H,14-16H2,1H3,(H,26,28). The molecule has 3 aromatic rings. The summed E-state index contributed by atoms with van der Waals surface area (Å²) in [6.45, 7) is 2.91. The summed E-state index contributed by atoms with van der Waals surface area (Å²) in [6.07, 6.45) is 1.91.